The van der Waals surface area contributed by atoms with Gasteiger partial charge in [-0.1, -0.05) is 29.3 Å². The van der Waals surface area contributed by atoms with Gasteiger partial charge in [-0.15, -0.1) is 0 Å². The van der Waals surface area contributed by atoms with Crippen LogP contribution in [0.5, 0.6) is 0 Å². The summed E-state index contributed by atoms with van der Waals surface area (Å²) in [6.07, 6.45) is 6.08. The number of allylic oxidation sites excluding steroid dienone is 5. The number of ketones is 1. The molecule has 2 N–H and O–H groups in total. The first kappa shape index (κ1) is 18.4. The summed E-state index contributed by atoms with van der Waals surface area (Å²) in [6, 6.07) is 5.43. The fourth-order valence-corrected chi connectivity index (χ4v) is 1.82. The molecular formula is C12H9Cl4FeN3O. The first-order chi connectivity index (χ1) is 10.1. The molecule has 21 heavy (non-hydrogen) atoms. The standard InChI is InChI=1S/C12H9Cl2N3O.2ClH.Fe/c13-9-5-8(12(18)10(14)6-9)7-16-17-11-3-1-2-4-15-11;;;/h1-7,16H,(H,15,17);2*1H;/q;;;+2/p-2/b8-7-;;;. The molecule has 1 heterocycles. The predicted octanol–water partition coefficient (Wildman–Crippen LogP) is 4.09. The molecule has 0 aromatic carbocycles. The van der Waals surface area contributed by atoms with Crippen LogP contribution in [0.25, 0.3) is 0 Å². The van der Waals surface area contributed by atoms with Crippen molar-refractivity contribution in [2.24, 2.45) is 0 Å². The minimum absolute atomic E-state index is 0.0911. The van der Waals surface area contributed by atoms with Crippen molar-refractivity contribution < 1.29 is 17.9 Å². The monoisotopic (exact) mass is 407 g/mol. The fourth-order valence-electron chi connectivity index (χ4n) is 1.31. The Kier molecular flexibility index (Phi) is 8.85. The van der Waals surface area contributed by atoms with Gasteiger partial charge in [0.1, 0.15) is 5.82 Å². The Hall–Kier alpha value is -0.681. The van der Waals surface area contributed by atoms with Crippen molar-refractivity contribution in [2.45, 2.75) is 0 Å². The molecule has 114 valence electrons. The number of nitrogens with one attached hydrogen (secondary N) is 2. The van der Waals surface area contributed by atoms with Crippen LogP contribution in [0, 0.1) is 0 Å². The first-order valence-corrected chi connectivity index (χ1v) is 9.15. The molecular weight excluding hydrogens is 400 g/mol. The Bertz CT molecular complexity index is 575. The van der Waals surface area contributed by atoms with Crippen molar-refractivity contribution in [3.05, 3.63) is 58.4 Å². The van der Waals surface area contributed by atoms with Crippen LogP contribution < -0.4 is 10.9 Å². The van der Waals surface area contributed by atoms with Crippen LogP contribution in [0.4, 0.5) is 5.82 Å². The molecule has 0 spiro atoms. The van der Waals surface area contributed by atoms with Crippen LogP contribution in [-0.2, 0) is 17.9 Å². The van der Waals surface area contributed by atoms with E-state index in [1.807, 2.05) is 6.07 Å². The molecule has 0 bridgehead atoms. The maximum absolute atomic E-state index is 11.7. The van der Waals surface area contributed by atoms with E-state index >= 15 is 0 Å². The molecule has 0 atom stereocenters. The SMILES string of the molecule is O=C1C(Cl)=CC(Cl)=C/C1=C/NNc1ccccn1.[Cl][Fe][Cl]. The van der Waals surface area contributed by atoms with Gasteiger partial charge < -0.3 is 5.43 Å². The van der Waals surface area contributed by atoms with E-state index in [1.54, 1.807) is 18.3 Å². The number of nitrogens with zero attached hydrogens (tertiary/aromatic N) is 1. The van der Waals surface area contributed by atoms with Crippen LogP contribution >= 0.6 is 43.4 Å². The maximum atomic E-state index is 11.7. The third kappa shape index (κ3) is 6.74. The van der Waals surface area contributed by atoms with Crippen molar-refractivity contribution in [1.82, 2.24) is 10.4 Å². The van der Waals surface area contributed by atoms with Crippen molar-refractivity contribution >= 4 is 55.0 Å². The molecule has 1 aliphatic rings. The zero-order valence-corrected chi connectivity index (χ0v) is 14.4. The van der Waals surface area contributed by atoms with E-state index in [1.165, 1.54) is 18.4 Å². The fraction of sp³-hybridized carbons (Fsp3) is 0. The molecule has 1 aromatic heterocycles. The van der Waals surface area contributed by atoms with Gasteiger partial charge in [0.25, 0.3) is 0 Å². The summed E-state index contributed by atoms with van der Waals surface area (Å²) in [7, 11) is 9.53. The second-order valence-corrected chi connectivity index (χ2v) is 6.15. The Labute approximate surface area is 146 Å². The Morgan fingerprint density at radius 1 is 1.19 bits per heavy atom. The predicted molar refractivity (Wildman–Crippen MR) is 83.7 cm³/mol. The van der Waals surface area contributed by atoms with Gasteiger partial charge in [0.05, 0.1) is 5.03 Å². The molecule has 0 radical (unpaired) electrons. The second kappa shape index (κ2) is 10.1. The van der Waals surface area contributed by atoms with Gasteiger partial charge in [0, 0.05) is 23.0 Å². The van der Waals surface area contributed by atoms with E-state index in [-0.39, 0.29) is 23.9 Å². The van der Waals surface area contributed by atoms with Crippen molar-refractivity contribution in [1.29, 1.82) is 0 Å². The van der Waals surface area contributed by atoms with Gasteiger partial charge in [-0.2, -0.15) is 0 Å². The van der Waals surface area contributed by atoms with Gasteiger partial charge in [-0.3, -0.25) is 10.2 Å². The number of hydrogen-bond acceptors (Lipinski definition) is 4. The summed E-state index contributed by atoms with van der Waals surface area (Å²) in [5.41, 5.74) is 5.95. The summed E-state index contributed by atoms with van der Waals surface area (Å²) in [4.78, 5) is 15.7. The van der Waals surface area contributed by atoms with Gasteiger partial charge in [-0.25, -0.2) is 4.98 Å². The van der Waals surface area contributed by atoms with Crippen molar-refractivity contribution in [2.75, 3.05) is 5.43 Å². The zero-order valence-electron chi connectivity index (χ0n) is 10.3. The average Bonchev–Trinajstić information content (AvgIpc) is 2.46. The molecule has 0 saturated heterocycles. The van der Waals surface area contributed by atoms with Gasteiger partial charge >= 0.3 is 33.3 Å². The summed E-state index contributed by atoms with van der Waals surface area (Å²) < 4.78 is 0. The molecule has 0 saturated carbocycles. The summed E-state index contributed by atoms with van der Waals surface area (Å²) in [5.74, 6) is 0.353. The van der Waals surface area contributed by atoms with Gasteiger partial charge in [-0.05, 0) is 24.3 Å². The third-order valence-electron chi connectivity index (χ3n) is 2.13. The molecule has 4 nitrogen and oxygen atoms in total. The van der Waals surface area contributed by atoms with Gasteiger partial charge in [0.2, 0.25) is 5.78 Å². The van der Waals surface area contributed by atoms with E-state index in [2.05, 4.69) is 15.8 Å². The Morgan fingerprint density at radius 3 is 2.52 bits per heavy atom. The first-order valence-electron chi connectivity index (χ1n) is 5.35. The molecule has 9 heteroatoms. The van der Waals surface area contributed by atoms with E-state index in [0.717, 1.165) is 0 Å². The normalized spacial score (nSPS) is 15.8. The summed E-state index contributed by atoms with van der Waals surface area (Å²) >= 11 is 11.7. The average molecular weight is 409 g/mol. The van der Waals surface area contributed by atoms with Crippen LogP contribution in [0.2, 0.25) is 0 Å². The minimum atomic E-state index is -0.281. The van der Waals surface area contributed by atoms with Crippen LogP contribution in [0.3, 0.4) is 0 Å². The third-order valence-corrected chi connectivity index (χ3v) is 2.63. The Morgan fingerprint density at radius 2 is 1.90 bits per heavy atom. The van der Waals surface area contributed by atoms with E-state index in [9.17, 15) is 4.79 Å². The molecule has 1 aliphatic carbocycles. The topological polar surface area (TPSA) is 54.0 Å². The van der Waals surface area contributed by atoms with Gasteiger partial charge in [0.15, 0.2) is 0 Å². The molecule has 0 amide bonds. The number of hydrazine groups is 1. The zero-order chi connectivity index (χ0) is 15.7. The van der Waals surface area contributed by atoms with Crippen LogP contribution in [0.15, 0.2) is 58.4 Å². The molecule has 0 fully saturated rings. The number of aromatic nitrogens is 1. The number of pyridine rings is 1. The van der Waals surface area contributed by atoms with Crippen LogP contribution in [0.1, 0.15) is 0 Å². The number of carbonyl (C=O) groups is 1. The van der Waals surface area contributed by atoms with E-state index in [0.29, 0.717) is 16.4 Å². The van der Waals surface area contributed by atoms with Crippen molar-refractivity contribution in [3.63, 3.8) is 0 Å². The molecule has 0 unspecified atom stereocenters. The number of halogens is 4. The number of Topliss-reactive ketones (excluding diaryl/α,β-unsaturated/α-hetero) is 1. The second-order valence-electron chi connectivity index (χ2n) is 3.49. The number of hydrogen-bond donors (Lipinski definition) is 2. The summed E-state index contributed by atoms with van der Waals surface area (Å²) in [6.45, 7) is 0. The quantitative estimate of drug-likeness (QED) is 0.449. The number of anilines is 1. The molecule has 2 rings (SSSR count). The molecule has 1 aromatic rings. The summed E-state index contributed by atoms with van der Waals surface area (Å²) in [5, 5.41) is 0.499. The number of rotatable bonds is 3. The Balaban J connectivity index is 0.000000677. The van der Waals surface area contributed by atoms with E-state index in [4.69, 9.17) is 43.4 Å². The van der Waals surface area contributed by atoms with Crippen molar-refractivity contribution in [3.8, 4) is 0 Å². The van der Waals surface area contributed by atoms with E-state index < -0.39 is 0 Å². The number of carbonyl (C=O) groups excluding carboxylic acids is 1. The molecule has 0 aliphatic heterocycles. The van der Waals surface area contributed by atoms with Crippen LogP contribution in [-0.4, -0.2) is 10.8 Å².